The quantitative estimate of drug-likeness (QED) is 0.674. The molecule has 2 heteroatoms. The van der Waals surface area contributed by atoms with Crippen LogP contribution in [0.4, 0.5) is 0 Å². The van der Waals surface area contributed by atoms with Crippen molar-refractivity contribution in [2.75, 3.05) is 6.54 Å². The first-order valence-electron chi connectivity index (χ1n) is 4.20. The van der Waals surface area contributed by atoms with E-state index in [1.165, 1.54) is 12.8 Å². The second-order valence-corrected chi connectivity index (χ2v) is 3.91. The van der Waals surface area contributed by atoms with Crippen LogP contribution in [0.15, 0.2) is 5.38 Å². The molecule has 0 fully saturated rings. The molecular weight excluding hydrogens is 154 g/mol. The Balaban J connectivity index is 2.38. The van der Waals surface area contributed by atoms with E-state index in [9.17, 15) is 0 Å². The summed E-state index contributed by atoms with van der Waals surface area (Å²) in [5.74, 6) is 0. The van der Waals surface area contributed by atoms with E-state index in [0.29, 0.717) is 0 Å². The number of hydrogen-bond donors (Lipinski definition) is 1. The fourth-order valence-corrected chi connectivity index (χ4v) is 2.76. The third kappa shape index (κ3) is 1.21. The van der Waals surface area contributed by atoms with Crippen molar-refractivity contribution in [2.24, 2.45) is 0 Å². The number of rotatable bonds is 1. The highest BCUT2D eigenvalue weighted by Crippen LogP contribution is 2.25. The first-order chi connectivity index (χ1) is 5.42. The van der Waals surface area contributed by atoms with E-state index in [4.69, 9.17) is 0 Å². The first-order valence-corrected chi connectivity index (χ1v) is 5.08. The molecule has 0 aromatic carbocycles. The molecule has 1 aromatic rings. The largest absolute Gasteiger partial charge is 0.312 e. The van der Waals surface area contributed by atoms with Gasteiger partial charge in [0.2, 0.25) is 0 Å². The van der Waals surface area contributed by atoms with Gasteiger partial charge in [-0.05, 0) is 29.3 Å². The lowest BCUT2D eigenvalue weighted by Gasteiger charge is -2.13. The van der Waals surface area contributed by atoms with Crippen LogP contribution in [0.3, 0.4) is 0 Å². The van der Waals surface area contributed by atoms with E-state index >= 15 is 0 Å². The van der Waals surface area contributed by atoms with Gasteiger partial charge in [0.15, 0.2) is 0 Å². The molecule has 0 amide bonds. The maximum absolute atomic E-state index is 3.41. The smallest absolute Gasteiger partial charge is 0.0219 e. The third-order valence-corrected chi connectivity index (χ3v) is 3.42. The van der Waals surface area contributed by atoms with Crippen LogP contribution in [0.2, 0.25) is 0 Å². The fourth-order valence-electron chi connectivity index (χ4n) is 1.60. The highest BCUT2D eigenvalue weighted by atomic mass is 32.1. The topological polar surface area (TPSA) is 12.0 Å². The van der Waals surface area contributed by atoms with Crippen LogP contribution in [0.1, 0.15) is 22.9 Å². The molecule has 60 valence electrons. The predicted octanol–water partition coefficient (Wildman–Crippen LogP) is 1.96. The number of fused-ring (bicyclic) bond motifs is 1. The van der Waals surface area contributed by atoms with Crippen molar-refractivity contribution in [2.45, 2.75) is 26.3 Å². The van der Waals surface area contributed by atoms with Gasteiger partial charge in [0.1, 0.15) is 0 Å². The summed E-state index contributed by atoms with van der Waals surface area (Å²) in [7, 11) is 0. The molecule has 0 spiro atoms. The molecule has 1 aromatic heterocycles. The van der Waals surface area contributed by atoms with Crippen molar-refractivity contribution < 1.29 is 0 Å². The van der Waals surface area contributed by atoms with Crippen LogP contribution < -0.4 is 5.32 Å². The minimum atomic E-state index is 1.10. The molecule has 0 bridgehead atoms. The molecule has 11 heavy (non-hydrogen) atoms. The summed E-state index contributed by atoms with van der Waals surface area (Å²) in [6, 6.07) is 0. The lowest BCUT2D eigenvalue weighted by atomic mass is 10.1. The van der Waals surface area contributed by atoms with Crippen LogP contribution in [0.5, 0.6) is 0 Å². The standard InChI is InChI=1S/C9H13NS/c1-2-7-6-11-9-3-4-10-5-8(7)9/h6,10H,2-5H2,1H3. The van der Waals surface area contributed by atoms with Crippen LogP contribution in [-0.4, -0.2) is 6.54 Å². The lowest BCUT2D eigenvalue weighted by molar-refractivity contribution is 0.648. The van der Waals surface area contributed by atoms with Crippen molar-refractivity contribution in [3.63, 3.8) is 0 Å². The Morgan fingerprint density at radius 1 is 1.64 bits per heavy atom. The van der Waals surface area contributed by atoms with Crippen LogP contribution in [-0.2, 0) is 19.4 Å². The van der Waals surface area contributed by atoms with E-state index in [-0.39, 0.29) is 0 Å². The van der Waals surface area contributed by atoms with Gasteiger partial charge in [0.05, 0.1) is 0 Å². The zero-order valence-electron chi connectivity index (χ0n) is 6.81. The minimum absolute atomic E-state index is 1.10. The highest BCUT2D eigenvalue weighted by molar-refractivity contribution is 7.10. The summed E-state index contributed by atoms with van der Waals surface area (Å²) in [6.07, 6.45) is 2.42. The molecule has 0 radical (unpaired) electrons. The number of nitrogens with one attached hydrogen (secondary N) is 1. The molecule has 2 rings (SSSR count). The molecule has 0 saturated heterocycles. The molecule has 0 unspecified atom stereocenters. The fraction of sp³-hybridized carbons (Fsp3) is 0.556. The van der Waals surface area contributed by atoms with Gasteiger partial charge >= 0.3 is 0 Å². The van der Waals surface area contributed by atoms with E-state index < -0.39 is 0 Å². The average Bonchev–Trinajstić information content (AvgIpc) is 2.47. The average molecular weight is 167 g/mol. The second kappa shape index (κ2) is 2.95. The van der Waals surface area contributed by atoms with Crippen molar-refractivity contribution in [1.29, 1.82) is 0 Å². The number of hydrogen-bond acceptors (Lipinski definition) is 2. The lowest BCUT2D eigenvalue weighted by Crippen LogP contribution is -2.22. The van der Waals surface area contributed by atoms with Gasteiger partial charge in [-0.25, -0.2) is 0 Å². The third-order valence-electron chi connectivity index (χ3n) is 2.28. The maximum atomic E-state index is 3.41. The van der Waals surface area contributed by atoms with Gasteiger partial charge in [-0.15, -0.1) is 11.3 Å². The molecular formula is C9H13NS. The van der Waals surface area contributed by atoms with Gasteiger partial charge in [-0.2, -0.15) is 0 Å². The SMILES string of the molecule is CCc1csc2c1CNCC2. The van der Waals surface area contributed by atoms with Crippen LogP contribution >= 0.6 is 11.3 Å². The molecule has 2 heterocycles. The monoisotopic (exact) mass is 167 g/mol. The van der Waals surface area contributed by atoms with Crippen molar-refractivity contribution in [3.8, 4) is 0 Å². The zero-order valence-corrected chi connectivity index (χ0v) is 7.63. The Morgan fingerprint density at radius 3 is 3.36 bits per heavy atom. The Morgan fingerprint density at radius 2 is 2.55 bits per heavy atom. The second-order valence-electron chi connectivity index (χ2n) is 2.94. The van der Waals surface area contributed by atoms with E-state index in [1.54, 1.807) is 16.0 Å². The van der Waals surface area contributed by atoms with Gasteiger partial charge in [0, 0.05) is 18.0 Å². The molecule has 1 nitrogen and oxygen atoms in total. The molecule has 0 saturated carbocycles. The van der Waals surface area contributed by atoms with E-state index in [2.05, 4.69) is 17.6 Å². The van der Waals surface area contributed by atoms with Crippen molar-refractivity contribution in [1.82, 2.24) is 5.32 Å². The zero-order chi connectivity index (χ0) is 7.68. The maximum Gasteiger partial charge on any atom is 0.0219 e. The van der Waals surface area contributed by atoms with E-state index in [0.717, 1.165) is 13.1 Å². The highest BCUT2D eigenvalue weighted by Gasteiger charge is 2.13. The summed E-state index contributed by atoms with van der Waals surface area (Å²) >= 11 is 1.94. The summed E-state index contributed by atoms with van der Waals surface area (Å²) in [4.78, 5) is 1.61. The number of thiophene rings is 1. The molecule has 0 atom stereocenters. The van der Waals surface area contributed by atoms with Crippen LogP contribution in [0.25, 0.3) is 0 Å². The van der Waals surface area contributed by atoms with Crippen molar-refractivity contribution >= 4 is 11.3 Å². The molecule has 0 aliphatic carbocycles. The van der Waals surface area contributed by atoms with Gasteiger partial charge in [0.25, 0.3) is 0 Å². The summed E-state index contributed by atoms with van der Waals surface area (Å²) in [5, 5.41) is 5.73. The summed E-state index contributed by atoms with van der Waals surface area (Å²) in [6.45, 7) is 4.50. The van der Waals surface area contributed by atoms with Gasteiger partial charge in [-0.1, -0.05) is 6.92 Å². The van der Waals surface area contributed by atoms with Crippen LogP contribution in [0, 0.1) is 0 Å². The van der Waals surface area contributed by atoms with Gasteiger partial charge in [-0.3, -0.25) is 0 Å². The Bertz CT molecular complexity index is 239. The predicted molar refractivity (Wildman–Crippen MR) is 49.1 cm³/mol. The minimum Gasteiger partial charge on any atom is -0.312 e. The normalized spacial score (nSPS) is 16.5. The Hall–Kier alpha value is -0.340. The number of aryl methyl sites for hydroxylation is 1. The van der Waals surface area contributed by atoms with Gasteiger partial charge < -0.3 is 5.32 Å². The Kier molecular flexibility index (Phi) is 1.96. The first kappa shape index (κ1) is 7.32. The summed E-state index contributed by atoms with van der Waals surface area (Å²) in [5.41, 5.74) is 3.14. The molecule has 1 aliphatic heterocycles. The van der Waals surface area contributed by atoms with E-state index in [1.807, 2.05) is 11.3 Å². The molecule has 1 N–H and O–H groups in total. The summed E-state index contributed by atoms with van der Waals surface area (Å²) < 4.78 is 0. The molecule has 1 aliphatic rings. The Labute approximate surface area is 71.4 Å². The van der Waals surface area contributed by atoms with Crippen molar-refractivity contribution in [3.05, 3.63) is 21.4 Å².